The van der Waals surface area contributed by atoms with Crippen LogP contribution in [-0.2, 0) is 4.79 Å². The van der Waals surface area contributed by atoms with Gasteiger partial charge in [-0.2, -0.15) is 0 Å². The summed E-state index contributed by atoms with van der Waals surface area (Å²) in [6, 6.07) is 7.93. The summed E-state index contributed by atoms with van der Waals surface area (Å²) in [6.45, 7) is 0.635. The van der Waals surface area contributed by atoms with Gasteiger partial charge in [0, 0.05) is 32.3 Å². The molecule has 0 aliphatic carbocycles. The molecular formula is C14H21NO3. The van der Waals surface area contributed by atoms with E-state index in [4.69, 9.17) is 9.84 Å². The molecule has 0 saturated carbocycles. The third-order valence-electron chi connectivity index (χ3n) is 2.64. The Balaban J connectivity index is 2.23. The lowest BCUT2D eigenvalue weighted by Gasteiger charge is -2.14. The van der Waals surface area contributed by atoms with E-state index in [-0.39, 0.29) is 6.42 Å². The van der Waals surface area contributed by atoms with Gasteiger partial charge in [-0.3, -0.25) is 4.79 Å². The van der Waals surface area contributed by atoms with Crippen LogP contribution in [0.5, 0.6) is 5.75 Å². The largest absolute Gasteiger partial charge is 0.494 e. The van der Waals surface area contributed by atoms with E-state index in [9.17, 15) is 4.79 Å². The maximum Gasteiger partial charge on any atom is 0.303 e. The van der Waals surface area contributed by atoms with Gasteiger partial charge in [0.2, 0.25) is 0 Å². The highest BCUT2D eigenvalue weighted by Gasteiger charge is 1.99. The first-order valence-corrected chi connectivity index (χ1v) is 6.21. The second-order valence-electron chi connectivity index (χ2n) is 4.44. The zero-order chi connectivity index (χ0) is 13.4. The average molecular weight is 251 g/mol. The number of ether oxygens (including phenoxy) is 1. The molecule has 18 heavy (non-hydrogen) atoms. The first-order valence-electron chi connectivity index (χ1n) is 6.21. The third-order valence-corrected chi connectivity index (χ3v) is 2.64. The van der Waals surface area contributed by atoms with Crippen molar-refractivity contribution in [1.29, 1.82) is 0 Å². The molecule has 1 aromatic rings. The van der Waals surface area contributed by atoms with Gasteiger partial charge in [0.05, 0.1) is 6.61 Å². The van der Waals surface area contributed by atoms with Crippen molar-refractivity contribution in [2.45, 2.75) is 25.7 Å². The Hall–Kier alpha value is -1.71. The second-order valence-corrected chi connectivity index (χ2v) is 4.44. The van der Waals surface area contributed by atoms with E-state index >= 15 is 0 Å². The summed E-state index contributed by atoms with van der Waals surface area (Å²) in [6.07, 6.45) is 2.74. The third kappa shape index (κ3) is 5.57. The van der Waals surface area contributed by atoms with Gasteiger partial charge >= 0.3 is 5.97 Å². The van der Waals surface area contributed by atoms with Crippen LogP contribution in [0.4, 0.5) is 5.69 Å². The highest BCUT2D eigenvalue weighted by Crippen LogP contribution is 2.19. The molecule has 4 heteroatoms. The van der Waals surface area contributed by atoms with Gasteiger partial charge in [-0.1, -0.05) is 6.07 Å². The van der Waals surface area contributed by atoms with Crippen LogP contribution in [0.2, 0.25) is 0 Å². The summed E-state index contributed by atoms with van der Waals surface area (Å²) in [5, 5.41) is 8.49. The molecule has 0 radical (unpaired) electrons. The molecule has 100 valence electrons. The molecule has 0 saturated heterocycles. The molecule has 0 unspecified atom stereocenters. The van der Waals surface area contributed by atoms with Crippen LogP contribution < -0.4 is 9.64 Å². The summed E-state index contributed by atoms with van der Waals surface area (Å²) < 4.78 is 5.63. The summed E-state index contributed by atoms with van der Waals surface area (Å²) >= 11 is 0. The first-order chi connectivity index (χ1) is 8.59. The van der Waals surface area contributed by atoms with Crippen LogP contribution in [0.3, 0.4) is 0 Å². The maximum absolute atomic E-state index is 10.3. The topological polar surface area (TPSA) is 49.8 Å². The summed E-state index contributed by atoms with van der Waals surface area (Å²) in [4.78, 5) is 12.3. The van der Waals surface area contributed by atoms with Gasteiger partial charge in [0.1, 0.15) is 5.75 Å². The monoisotopic (exact) mass is 251 g/mol. The molecule has 0 spiro atoms. The Morgan fingerprint density at radius 3 is 2.72 bits per heavy atom. The van der Waals surface area contributed by atoms with Crippen molar-refractivity contribution in [1.82, 2.24) is 0 Å². The number of unbranched alkanes of at least 4 members (excludes halogenated alkanes) is 2. The van der Waals surface area contributed by atoms with E-state index in [2.05, 4.69) is 0 Å². The number of carboxylic acids is 1. The number of hydrogen-bond acceptors (Lipinski definition) is 3. The number of anilines is 1. The van der Waals surface area contributed by atoms with Crippen molar-refractivity contribution in [3.05, 3.63) is 24.3 Å². The van der Waals surface area contributed by atoms with Gasteiger partial charge in [-0.05, 0) is 31.4 Å². The lowest BCUT2D eigenvalue weighted by atomic mass is 10.2. The van der Waals surface area contributed by atoms with E-state index in [1.54, 1.807) is 0 Å². The van der Waals surface area contributed by atoms with Crippen molar-refractivity contribution in [2.24, 2.45) is 0 Å². The van der Waals surface area contributed by atoms with Crippen molar-refractivity contribution >= 4 is 11.7 Å². The lowest BCUT2D eigenvalue weighted by Crippen LogP contribution is -2.08. The molecule has 0 aliphatic rings. The Morgan fingerprint density at radius 2 is 2.06 bits per heavy atom. The van der Waals surface area contributed by atoms with Gasteiger partial charge < -0.3 is 14.7 Å². The van der Waals surface area contributed by atoms with Gasteiger partial charge in [-0.15, -0.1) is 0 Å². The molecular weight excluding hydrogens is 230 g/mol. The average Bonchev–Trinajstić information content (AvgIpc) is 2.33. The fourth-order valence-corrected chi connectivity index (χ4v) is 1.60. The predicted molar refractivity (Wildman–Crippen MR) is 72.4 cm³/mol. The number of hydrogen-bond donors (Lipinski definition) is 1. The van der Waals surface area contributed by atoms with Gasteiger partial charge in [0.25, 0.3) is 0 Å². The molecule has 1 N–H and O–H groups in total. The van der Waals surface area contributed by atoms with Crippen LogP contribution in [0.25, 0.3) is 0 Å². The predicted octanol–water partition coefficient (Wildman–Crippen LogP) is 2.78. The second kappa shape index (κ2) is 7.58. The fourth-order valence-electron chi connectivity index (χ4n) is 1.60. The Labute approximate surface area is 108 Å². The smallest absolute Gasteiger partial charge is 0.303 e. The maximum atomic E-state index is 10.3. The molecule has 0 heterocycles. The van der Waals surface area contributed by atoms with Crippen LogP contribution in [0.1, 0.15) is 25.7 Å². The van der Waals surface area contributed by atoms with E-state index in [0.29, 0.717) is 6.61 Å². The van der Waals surface area contributed by atoms with Crippen LogP contribution >= 0.6 is 0 Å². The zero-order valence-electron chi connectivity index (χ0n) is 11.1. The minimum atomic E-state index is -0.727. The minimum Gasteiger partial charge on any atom is -0.494 e. The standard InChI is InChI=1S/C14H21NO3/c1-15(2)12-7-6-8-13(11-12)18-10-5-3-4-9-14(16)17/h6-8,11H,3-5,9-10H2,1-2H3,(H,16,17). The Bertz CT molecular complexity index is 377. The molecule has 4 nitrogen and oxygen atoms in total. The Morgan fingerprint density at radius 1 is 1.28 bits per heavy atom. The van der Waals surface area contributed by atoms with Crippen molar-refractivity contribution in [3.63, 3.8) is 0 Å². The highest BCUT2D eigenvalue weighted by molar-refractivity contribution is 5.66. The van der Waals surface area contributed by atoms with Gasteiger partial charge in [-0.25, -0.2) is 0 Å². The quantitative estimate of drug-likeness (QED) is 0.722. The van der Waals surface area contributed by atoms with E-state index in [0.717, 1.165) is 30.7 Å². The molecule has 1 rings (SSSR count). The normalized spacial score (nSPS) is 10.1. The van der Waals surface area contributed by atoms with Crippen molar-refractivity contribution < 1.29 is 14.6 Å². The van der Waals surface area contributed by atoms with Crippen molar-refractivity contribution in [2.75, 3.05) is 25.6 Å². The molecule has 0 aliphatic heterocycles. The number of aliphatic carboxylic acids is 1. The summed E-state index contributed by atoms with van der Waals surface area (Å²) in [5.41, 5.74) is 1.11. The van der Waals surface area contributed by atoms with Crippen LogP contribution in [-0.4, -0.2) is 31.8 Å². The zero-order valence-corrected chi connectivity index (χ0v) is 11.1. The minimum absolute atomic E-state index is 0.246. The van der Waals surface area contributed by atoms with Crippen molar-refractivity contribution in [3.8, 4) is 5.75 Å². The molecule has 0 atom stereocenters. The number of nitrogens with zero attached hydrogens (tertiary/aromatic N) is 1. The molecule has 0 bridgehead atoms. The van der Waals surface area contributed by atoms with E-state index in [1.807, 2.05) is 43.3 Å². The van der Waals surface area contributed by atoms with E-state index < -0.39 is 5.97 Å². The fraction of sp³-hybridized carbons (Fsp3) is 0.500. The number of rotatable bonds is 8. The van der Waals surface area contributed by atoms with E-state index in [1.165, 1.54) is 0 Å². The summed E-state index contributed by atoms with van der Waals surface area (Å²) in [7, 11) is 3.98. The molecule has 1 aromatic carbocycles. The van der Waals surface area contributed by atoms with Gasteiger partial charge in [0.15, 0.2) is 0 Å². The number of carbonyl (C=O) groups is 1. The Kier molecular flexibility index (Phi) is 6.05. The lowest BCUT2D eigenvalue weighted by molar-refractivity contribution is -0.137. The first kappa shape index (κ1) is 14.4. The molecule has 0 fully saturated rings. The summed E-state index contributed by atoms with van der Waals surface area (Å²) in [5.74, 6) is 0.133. The SMILES string of the molecule is CN(C)c1cccc(OCCCCCC(=O)O)c1. The molecule has 0 aromatic heterocycles. The number of benzene rings is 1. The highest BCUT2D eigenvalue weighted by atomic mass is 16.5. The molecule has 0 amide bonds. The number of carboxylic acid groups (broad SMARTS) is 1. The van der Waals surface area contributed by atoms with Crippen LogP contribution in [0.15, 0.2) is 24.3 Å². The van der Waals surface area contributed by atoms with Crippen LogP contribution in [0, 0.1) is 0 Å².